The van der Waals surface area contributed by atoms with E-state index in [9.17, 15) is 9.18 Å². The molecular formula is C28H29FN4O2. The molecule has 2 heterocycles. The predicted octanol–water partition coefficient (Wildman–Crippen LogP) is 5.19. The van der Waals surface area contributed by atoms with E-state index in [0.717, 1.165) is 48.8 Å². The van der Waals surface area contributed by atoms with Gasteiger partial charge in [-0.3, -0.25) is 14.9 Å². The van der Waals surface area contributed by atoms with Crippen LogP contribution in [0.2, 0.25) is 0 Å². The summed E-state index contributed by atoms with van der Waals surface area (Å²) in [5, 5.41) is 9.77. The molecule has 0 aliphatic heterocycles. The number of fused-ring (bicyclic) bond motifs is 2. The monoisotopic (exact) mass is 472 g/mol. The SMILES string of the molecule is Cc1c[nH]c(CN(CCc2c[nH]c3cc(F)ccc23)C2CCc3cc(/C=C/C(=O)NO)ccc32)c1. The number of aryl methyl sites for hydroxylation is 2. The molecule has 0 fully saturated rings. The predicted molar refractivity (Wildman–Crippen MR) is 134 cm³/mol. The Morgan fingerprint density at radius 1 is 1.20 bits per heavy atom. The fraction of sp³-hybridized carbons (Fsp3) is 0.250. The van der Waals surface area contributed by atoms with Crippen molar-refractivity contribution in [1.82, 2.24) is 20.3 Å². The van der Waals surface area contributed by atoms with E-state index in [2.05, 4.69) is 40.0 Å². The Morgan fingerprint density at radius 3 is 2.89 bits per heavy atom. The fourth-order valence-corrected chi connectivity index (χ4v) is 5.16. The quantitative estimate of drug-likeness (QED) is 0.162. The number of benzene rings is 2. The van der Waals surface area contributed by atoms with Crippen LogP contribution in [0.25, 0.3) is 17.0 Å². The third-order valence-electron chi connectivity index (χ3n) is 6.85. The highest BCUT2D eigenvalue weighted by Crippen LogP contribution is 2.37. The molecule has 0 radical (unpaired) electrons. The zero-order valence-electron chi connectivity index (χ0n) is 19.6. The highest BCUT2D eigenvalue weighted by Gasteiger charge is 2.28. The molecule has 1 atom stereocenters. The van der Waals surface area contributed by atoms with Gasteiger partial charge >= 0.3 is 0 Å². The number of halogens is 1. The molecule has 2 aromatic heterocycles. The molecule has 4 N–H and O–H groups in total. The lowest BCUT2D eigenvalue weighted by Gasteiger charge is -2.29. The summed E-state index contributed by atoms with van der Waals surface area (Å²) in [4.78, 5) is 20.5. The molecule has 1 aliphatic carbocycles. The zero-order valence-corrected chi connectivity index (χ0v) is 19.6. The number of hydrogen-bond donors (Lipinski definition) is 4. The molecule has 1 amide bonds. The summed E-state index contributed by atoms with van der Waals surface area (Å²) in [7, 11) is 0. The second-order valence-corrected chi connectivity index (χ2v) is 9.25. The van der Waals surface area contributed by atoms with Crippen LogP contribution in [0.15, 0.2) is 60.9 Å². The zero-order chi connectivity index (χ0) is 24.4. The number of nitrogens with one attached hydrogen (secondary N) is 3. The van der Waals surface area contributed by atoms with Gasteiger partial charge in [-0.25, -0.2) is 9.87 Å². The number of rotatable bonds is 8. The number of H-pyrrole nitrogens is 2. The minimum atomic E-state index is -0.546. The van der Waals surface area contributed by atoms with Crippen molar-refractivity contribution in [3.05, 3.63) is 100 Å². The van der Waals surface area contributed by atoms with Crippen LogP contribution in [0, 0.1) is 12.7 Å². The van der Waals surface area contributed by atoms with Crippen molar-refractivity contribution in [3.8, 4) is 0 Å². The maximum atomic E-state index is 13.6. The highest BCUT2D eigenvalue weighted by molar-refractivity contribution is 5.90. The molecule has 5 rings (SSSR count). The van der Waals surface area contributed by atoms with Crippen LogP contribution in [0.4, 0.5) is 4.39 Å². The summed E-state index contributed by atoms with van der Waals surface area (Å²) < 4.78 is 13.6. The lowest BCUT2D eigenvalue weighted by molar-refractivity contribution is -0.124. The normalized spacial score (nSPS) is 15.4. The van der Waals surface area contributed by atoms with Crippen molar-refractivity contribution in [2.24, 2.45) is 0 Å². The van der Waals surface area contributed by atoms with Crippen molar-refractivity contribution in [2.45, 2.75) is 38.8 Å². The summed E-state index contributed by atoms with van der Waals surface area (Å²) in [6.07, 6.45) is 9.91. The van der Waals surface area contributed by atoms with Crippen molar-refractivity contribution < 1.29 is 14.4 Å². The summed E-state index contributed by atoms with van der Waals surface area (Å²) in [5.41, 5.74) is 9.58. The number of amides is 1. The van der Waals surface area contributed by atoms with Gasteiger partial charge in [-0.1, -0.05) is 18.2 Å². The minimum absolute atomic E-state index is 0.233. The Balaban J connectivity index is 1.38. The highest BCUT2D eigenvalue weighted by atomic mass is 19.1. The Bertz CT molecular complexity index is 1390. The van der Waals surface area contributed by atoms with E-state index in [0.29, 0.717) is 0 Å². The van der Waals surface area contributed by atoms with Crippen LogP contribution in [0.3, 0.4) is 0 Å². The molecule has 0 saturated heterocycles. The van der Waals surface area contributed by atoms with Crippen molar-refractivity contribution in [3.63, 3.8) is 0 Å². The second kappa shape index (κ2) is 9.90. The smallest absolute Gasteiger partial charge is 0.267 e. The lowest BCUT2D eigenvalue weighted by atomic mass is 10.0. The molecule has 1 aliphatic rings. The number of hydroxylamine groups is 1. The van der Waals surface area contributed by atoms with E-state index in [1.807, 2.05) is 24.5 Å². The van der Waals surface area contributed by atoms with Gasteiger partial charge in [-0.2, -0.15) is 0 Å². The molecule has 180 valence electrons. The van der Waals surface area contributed by atoms with Crippen molar-refractivity contribution in [2.75, 3.05) is 6.54 Å². The first-order valence-electron chi connectivity index (χ1n) is 11.9. The standard InChI is InChI=1S/C28H29FN4O2/c1-18-12-23(30-15-18)17-33(11-10-21-16-31-26-14-22(29)5-7-24(21)26)27-8-4-20-13-19(2-6-25(20)27)3-9-28(34)32-35/h2-3,5-7,9,12-16,27,30-31,35H,4,8,10-11,17H2,1H3,(H,32,34)/b9-3+. The summed E-state index contributed by atoms with van der Waals surface area (Å²) in [5.74, 6) is -0.779. The molecule has 6 nitrogen and oxygen atoms in total. The second-order valence-electron chi connectivity index (χ2n) is 9.25. The van der Waals surface area contributed by atoms with E-state index in [4.69, 9.17) is 5.21 Å². The molecule has 0 saturated carbocycles. The first kappa shape index (κ1) is 23.1. The molecule has 35 heavy (non-hydrogen) atoms. The van der Waals surface area contributed by atoms with E-state index < -0.39 is 5.91 Å². The summed E-state index contributed by atoms with van der Waals surface area (Å²) in [6, 6.07) is 13.7. The van der Waals surface area contributed by atoms with Crippen LogP contribution in [-0.4, -0.2) is 32.5 Å². The van der Waals surface area contributed by atoms with Crippen LogP contribution in [-0.2, 0) is 24.2 Å². The first-order chi connectivity index (χ1) is 17.0. The first-order valence-corrected chi connectivity index (χ1v) is 11.9. The molecular weight excluding hydrogens is 443 g/mol. The fourth-order valence-electron chi connectivity index (χ4n) is 5.16. The van der Waals surface area contributed by atoms with Crippen molar-refractivity contribution in [1.29, 1.82) is 0 Å². The molecule has 1 unspecified atom stereocenters. The van der Waals surface area contributed by atoms with Crippen LogP contribution >= 0.6 is 0 Å². The number of aromatic amines is 2. The number of hydrogen-bond acceptors (Lipinski definition) is 3. The van der Waals surface area contributed by atoms with E-state index in [1.54, 1.807) is 17.6 Å². The summed E-state index contributed by atoms with van der Waals surface area (Å²) >= 11 is 0. The third kappa shape index (κ3) is 5.06. The van der Waals surface area contributed by atoms with Crippen LogP contribution in [0.1, 0.15) is 46.0 Å². The maximum Gasteiger partial charge on any atom is 0.267 e. The average molecular weight is 473 g/mol. The van der Waals surface area contributed by atoms with Gasteiger partial charge in [0.2, 0.25) is 0 Å². The van der Waals surface area contributed by atoms with E-state index >= 15 is 0 Å². The van der Waals surface area contributed by atoms with Gasteiger partial charge in [0.15, 0.2) is 0 Å². The molecule has 4 aromatic rings. The van der Waals surface area contributed by atoms with Gasteiger partial charge in [0.1, 0.15) is 5.82 Å². The number of nitrogens with zero attached hydrogens (tertiary/aromatic N) is 1. The average Bonchev–Trinajstić information content (AvgIpc) is 3.58. The molecule has 7 heteroatoms. The van der Waals surface area contributed by atoms with E-state index in [1.165, 1.54) is 40.1 Å². The summed E-state index contributed by atoms with van der Waals surface area (Å²) in [6.45, 7) is 3.77. The van der Waals surface area contributed by atoms with Crippen molar-refractivity contribution >= 4 is 22.9 Å². The number of carbonyl (C=O) groups is 1. The number of carbonyl (C=O) groups excluding carboxylic acids is 1. The Kier molecular flexibility index (Phi) is 6.53. The molecule has 0 bridgehead atoms. The third-order valence-corrected chi connectivity index (χ3v) is 6.85. The van der Waals surface area contributed by atoms with Gasteiger partial charge < -0.3 is 9.97 Å². The van der Waals surface area contributed by atoms with Gasteiger partial charge in [-0.15, -0.1) is 0 Å². The van der Waals surface area contributed by atoms with Gasteiger partial charge in [-0.05, 0) is 84.3 Å². The minimum Gasteiger partial charge on any atom is -0.364 e. The lowest BCUT2D eigenvalue weighted by Crippen LogP contribution is -2.29. The Hall–Kier alpha value is -3.68. The Morgan fingerprint density at radius 2 is 2.09 bits per heavy atom. The molecule has 2 aromatic carbocycles. The van der Waals surface area contributed by atoms with E-state index in [-0.39, 0.29) is 11.9 Å². The number of aromatic nitrogens is 2. The van der Waals surface area contributed by atoms with Gasteiger partial charge in [0.25, 0.3) is 5.91 Å². The Labute approximate surface area is 203 Å². The van der Waals surface area contributed by atoms with Crippen LogP contribution in [0.5, 0.6) is 0 Å². The van der Waals surface area contributed by atoms with Gasteiger partial charge in [0.05, 0.1) is 0 Å². The van der Waals surface area contributed by atoms with Gasteiger partial charge in [0, 0.05) is 54.2 Å². The largest absolute Gasteiger partial charge is 0.364 e. The molecule has 0 spiro atoms. The van der Waals surface area contributed by atoms with Crippen LogP contribution < -0.4 is 5.48 Å². The topological polar surface area (TPSA) is 84.2 Å². The maximum absolute atomic E-state index is 13.6.